The Labute approximate surface area is 111 Å². The van der Waals surface area contributed by atoms with Gasteiger partial charge in [-0.25, -0.2) is 9.78 Å². The number of aromatic carboxylic acids is 1. The smallest absolute Gasteiger partial charge is 0.335 e. The number of carbonyl (C=O) groups is 1. The summed E-state index contributed by atoms with van der Waals surface area (Å²) in [4.78, 5) is 15.4. The third kappa shape index (κ3) is 3.09. The molecular weight excluding hydrogens is 244 g/mol. The van der Waals surface area contributed by atoms with E-state index in [2.05, 4.69) is 15.4 Å². The maximum atomic E-state index is 11.1. The summed E-state index contributed by atoms with van der Waals surface area (Å²) in [6.07, 6.45) is 4.22. The molecule has 6 heteroatoms. The highest BCUT2D eigenvalue weighted by molar-refractivity contribution is 5.88. The Hall–Kier alpha value is -2.37. The molecule has 2 heterocycles. The molecule has 19 heavy (non-hydrogen) atoms. The van der Waals surface area contributed by atoms with E-state index in [1.807, 2.05) is 20.0 Å². The van der Waals surface area contributed by atoms with Crippen molar-refractivity contribution in [3.05, 3.63) is 35.8 Å². The fourth-order valence-electron chi connectivity index (χ4n) is 1.71. The Morgan fingerprint density at radius 1 is 1.42 bits per heavy atom. The summed E-state index contributed by atoms with van der Waals surface area (Å²) < 4.78 is 1.78. The number of nitrogens with one attached hydrogen (secondary N) is 1. The molecular formula is C13H16N4O2. The van der Waals surface area contributed by atoms with Gasteiger partial charge in [0.1, 0.15) is 5.82 Å². The minimum atomic E-state index is -0.954. The second kappa shape index (κ2) is 5.51. The van der Waals surface area contributed by atoms with Crippen LogP contribution >= 0.6 is 0 Å². The largest absolute Gasteiger partial charge is 0.478 e. The van der Waals surface area contributed by atoms with E-state index in [0.29, 0.717) is 12.2 Å². The monoisotopic (exact) mass is 260 g/mol. The number of carboxylic acid groups (broad SMARTS) is 1. The van der Waals surface area contributed by atoms with Crippen LogP contribution in [0, 0.1) is 0 Å². The average molecular weight is 260 g/mol. The fourth-order valence-corrected chi connectivity index (χ4v) is 1.71. The molecule has 0 saturated heterocycles. The van der Waals surface area contributed by atoms with Crippen molar-refractivity contribution in [2.45, 2.75) is 26.8 Å². The Bertz CT molecular complexity index is 592. The molecule has 0 aliphatic rings. The van der Waals surface area contributed by atoms with Crippen LogP contribution in [0.4, 0.5) is 11.5 Å². The second-order valence-corrected chi connectivity index (χ2v) is 4.10. The first-order valence-electron chi connectivity index (χ1n) is 6.16. The van der Waals surface area contributed by atoms with Crippen LogP contribution in [0.1, 0.15) is 29.9 Å². The van der Waals surface area contributed by atoms with E-state index >= 15 is 0 Å². The zero-order valence-electron chi connectivity index (χ0n) is 10.9. The van der Waals surface area contributed by atoms with Crippen molar-refractivity contribution >= 4 is 17.5 Å². The Morgan fingerprint density at radius 2 is 2.21 bits per heavy atom. The molecule has 0 radical (unpaired) electrons. The molecule has 0 unspecified atom stereocenters. The lowest BCUT2D eigenvalue weighted by atomic mass is 10.2. The van der Waals surface area contributed by atoms with Crippen LogP contribution in [0.25, 0.3) is 0 Å². The summed E-state index contributed by atoms with van der Waals surface area (Å²) in [6.45, 7) is 4.71. The van der Waals surface area contributed by atoms with Crippen molar-refractivity contribution < 1.29 is 9.90 Å². The number of pyridine rings is 1. The highest BCUT2D eigenvalue weighted by Crippen LogP contribution is 2.17. The topological polar surface area (TPSA) is 80.0 Å². The predicted molar refractivity (Wildman–Crippen MR) is 71.8 cm³/mol. The van der Waals surface area contributed by atoms with Gasteiger partial charge in [0.15, 0.2) is 0 Å². The van der Waals surface area contributed by atoms with Gasteiger partial charge >= 0.3 is 5.97 Å². The maximum Gasteiger partial charge on any atom is 0.335 e. The third-order valence-corrected chi connectivity index (χ3v) is 2.72. The van der Waals surface area contributed by atoms with Crippen LogP contribution in [0.3, 0.4) is 0 Å². The zero-order valence-corrected chi connectivity index (χ0v) is 10.9. The summed E-state index contributed by atoms with van der Waals surface area (Å²) in [5, 5.41) is 16.3. The van der Waals surface area contributed by atoms with E-state index in [1.165, 1.54) is 6.07 Å². The number of nitrogens with zero attached hydrogens (tertiary/aromatic N) is 3. The van der Waals surface area contributed by atoms with E-state index in [0.717, 1.165) is 17.9 Å². The van der Waals surface area contributed by atoms with Crippen molar-refractivity contribution in [3.8, 4) is 0 Å². The molecule has 0 amide bonds. The fraction of sp³-hybridized carbons (Fsp3) is 0.308. The van der Waals surface area contributed by atoms with Crippen molar-refractivity contribution in [3.63, 3.8) is 0 Å². The molecule has 0 fully saturated rings. The Morgan fingerprint density at radius 3 is 2.79 bits per heavy atom. The second-order valence-electron chi connectivity index (χ2n) is 4.10. The summed E-state index contributed by atoms with van der Waals surface area (Å²) >= 11 is 0. The van der Waals surface area contributed by atoms with Crippen molar-refractivity contribution in [2.24, 2.45) is 0 Å². The average Bonchev–Trinajstić information content (AvgIpc) is 2.85. The number of hydrogen-bond acceptors (Lipinski definition) is 4. The number of rotatable bonds is 5. The third-order valence-electron chi connectivity index (χ3n) is 2.72. The van der Waals surface area contributed by atoms with Crippen LogP contribution in [0.2, 0.25) is 0 Å². The maximum absolute atomic E-state index is 11.1. The molecule has 100 valence electrons. The molecule has 0 saturated carbocycles. The first kappa shape index (κ1) is 13.1. The highest BCUT2D eigenvalue weighted by atomic mass is 16.4. The standard InChI is InChI=1S/C13H16N4O2/c1-3-10-5-9(13(18)19)6-12(15-10)16-11-7-14-17(4-2)8-11/h5-8H,3-4H2,1-2H3,(H,15,16)(H,18,19). The van der Waals surface area contributed by atoms with Crippen molar-refractivity contribution in [1.29, 1.82) is 0 Å². The molecule has 6 nitrogen and oxygen atoms in total. The quantitative estimate of drug-likeness (QED) is 0.862. The minimum Gasteiger partial charge on any atom is -0.478 e. The SMILES string of the molecule is CCc1cc(C(=O)O)cc(Nc2cnn(CC)c2)n1. The summed E-state index contributed by atoms with van der Waals surface area (Å²) in [5.41, 5.74) is 1.77. The summed E-state index contributed by atoms with van der Waals surface area (Å²) in [7, 11) is 0. The van der Waals surface area contributed by atoms with Gasteiger partial charge in [0, 0.05) is 18.4 Å². The molecule has 2 N–H and O–H groups in total. The van der Waals surface area contributed by atoms with Crippen molar-refractivity contribution in [1.82, 2.24) is 14.8 Å². The van der Waals surface area contributed by atoms with E-state index in [1.54, 1.807) is 16.9 Å². The molecule has 0 bridgehead atoms. The van der Waals surface area contributed by atoms with Gasteiger partial charge in [-0.3, -0.25) is 4.68 Å². The van der Waals surface area contributed by atoms with E-state index in [4.69, 9.17) is 5.11 Å². The van der Waals surface area contributed by atoms with Gasteiger partial charge in [0.05, 0.1) is 17.4 Å². The number of anilines is 2. The van der Waals surface area contributed by atoms with Crippen LogP contribution in [-0.2, 0) is 13.0 Å². The molecule has 2 aromatic rings. The van der Waals surface area contributed by atoms with Crippen LogP contribution in [0.5, 0.6) is 0 Å². The molecule has 0 aliphatic heterocycles. The Kier molecular flexibility index (Phi) is 3.79. The van der Waals surface area contributed by atoms with E-state index in [-0.39, 0.29) is 5.56 Å². The van der Waals surface area contributed by atoms with Gasteiger partial charge in [-0.1, -0.05) is 6.92 Å². The highest BCUT2D eigenvalue weighted by Gasteiger charge is 2.08. The normalized spacial score (nSPS) is 10.4. The van der Waals surface area contributed by atoms with E-state index < -0.39 is 5.97 Å². The number of hydrogen-bond donors (Lipinski definition) is 2. The molecule has 2 rings (SSSR count). The van der Waals surface area contributed by atoms with Crippen molar-refractivity contribution in [2.75, 3.05) is 5.32 Å². The molecule has 0 aromatic carbocycles. The number of aromatic nitrogens is 3. The lowest BCUT2D eigenvalue weighted by Crippen LogP contribution is -2.03. The molecule has 0 aliphatic carbocycles. The van der Waals surface area contributed by atoms with Gasteiger partial charge in [-0.05, 0) is 25.5 Å². The number of carboxylic acids is 1. The summed E-state index contributed by atoms with van der Waals surface area (Å²) in [6, 6.07) is 3.10. The number of aryl methyl sites for hydroxylation is 2. The van der Waals surface area contributed by atoms with Gasteiger partial charge in [0.25, 0.3) is 0 Å². The van der Waals surface area contributed by atoms with Crippen LogP contribution in [0.15, 0.2) is 24.5 Å². The summed E-state index contributed by atoms with van der Waals surface area (Å²) in [5.74, 6) is -0.434. The first-order valence-corrected chi connectivity index (χ1v) is 6.16. The van der Waals surface area contributed by atoms with Gasteiger partial charge in [-0.15, -0.1) is 0 Å². The lowest BCUT2D eigenvalue weighted by Gasteiger charge is -2.06. The van der Waals surface area contributed by atoms with E-state index in [9.17, 15) is 4.79 Å². The molecule has 0 atom stereocenters. The van der Waals surface area contributed by atoms with Gasteiger partial charge in [-0.2, -0.15) is 5.10 Å². The van der Waals surface area contributed by atoms with Gasteiger partial charge < -0.3 is 10.4 Å². The molecule has 0 spiro atoms. The lowest BCUT2D eigenvalue weighted by molar-refractivity contribution is 0.0696. The first-order chi connectivity index (χ1) is 9.12. The predicted octanol–water partition coefficient (Wildman–Crippen LogP) is 2.30. The van der Waals surface area contributed by atoms with Crippen LogP contribution < -0.4 is 5.32 Å². The zero-order chi connectivity index (χ0) is 13.8. The van der Waals surface area contributed by atoms with Crippen LogP contribution in [-0.4, -0.2) is 25.8 Å². The van der Waals surface area contributed by atoms with Gasteiger partial charge in [0.2, 0.25) is 0 Å². The molecule has 2 aromatic heterocycles. The Balaban J connectivity index is 2.28. The minimum absolute atomic E-state index is 0.234.